The first-order valence-corrected chi connectivity index (χ1v) is 10.4. The molecule has 5 nitrogen and oxygen atoms in total. The molecule has 1 saturated heterocycles. The zero-order chi connectivity index (χ0) is 21.3. The Hall–Kier alpha value is -3.16. The number of carbonyl (C=O) groups excluding carboxylic acids is 1. The van der Waals surface area contributed by atoms with Crippen LogP contribution in [0.1, 0.15) is 22.9 Å². The van der Waals surface area contributed by atoms with Crippen LogP contribution >= 0.6 is 24.0 Å². The molecule has 1 N–H and O–H groups in total. The second-order valence-corrected chi connectivity index (χ2v) is 8.45. The summed E-state index contributed by atoms with van der Waals surface area (Å²) in [7, 11) is 0. The summed E-state index contributed by atoms with van der Waals surface area (Å²) in [5, 5.41) is 9.75. The largest absolute Gasteiger partial charge is 0.479 e. The first-order chi connectivity index (χ1) is 14.4. The Labute approximate surface area is 183 Å². The molecule has 1 aliphatic heterocycles. The van der Waals surface area contributed by atoms with Gasteiger partial charge in [0.2, 0.25) is 0 Å². The zero-order valence-electron chi connectivity index (χ0n) is 15.9. The van der Waals surface area contributed by atoms with Crippen molar-refractivity contribution >= 4 is 46.3 Å². The highest BCUT2D eigenvalue weighted by atomic mass is 32.2. The lowest BCUT2D eigenvalue weighted by atomic mass is 10.1. The lowest BCUT2D eigenvalue weighted by Gasteiger charge is -2.23. The molecule has 1 fully saturated rings. The van der Waals surface area contributed by atoms with Crippen molar-refractivity contribution in [2.75, 3.05) is 0 Å². The van der Waals surface area contributed by atoms with Gasteiger partial charge in [0.15, 0.2) is 6.04 Å². The molecule has 0 spiro atoms. The lowest BCUT2D eigenvalue weighted by Crippen LogP contribution is -2.37. The first kappa shape index (κ1) is 20.1. The Morgan fingerprint density at radius 3 is 2.47 bits per heavy atom. The number of carbonyl (C=O) groups is 2. The third-order valence-corrected chi connectivity index (χ3v) is 6.00. The number of nitrogens with zero attached hydrogens (tertiary/aromatic N) is 1. The minimum Gasteiger partial charge on any atom is -0.479 e. The molecule has 30 heavy (non-hydrogen) atoms. The second kappa shape index (κ2) is 8.30. The van der Waals surface area contributed by atoms with E-state index in [4.69, 9.17) is 16.6 Å². The van der Waals surface area contributed by atoms with Gasteiger partial charge in [-0.05, 0) is 24.6 Å². The fraction of sp³-hybridized carbons (Fsp3) is 0.0870. The van der Waals surface area contributed by atoms with Crippen molar-refractivity contribution in [3.05, 3.63) is 88.5 Å². The second-order valence-electron chi connectivity index (χ2n) is 6.77. The molecule has 4 rings (SSSR count). The standard InChI is InChI=1S/C23H17NO4S2/c1-14-7-9-15(10-8-14)18-12-11-17(28-18)13-19-21(25)24(23(29)30-19)20(22(26)27)16-5-3-2-4-6-16/h2-13,20H,1H3,(H,26,27)/b19-13+. The number of carboxylic acid groups (broad SMARTS) is 1. The van der Waals surface area contributed by atoms with Gasteiger partial charge in [-0.2, -0.15) is 0 Å². The van der Waals surface area contributed by atoms with Gasteiger partial charge in [-0.15, -0.1) is 0 Å². The number of aliphatic carboxylic acids is 1. The molecule has 3 aromatic rings. The van der Waals surface area contributed by atoms with E-state index in [2.05, 4.69) is 0 Å². The maximum Gasteiger partial charge on any atom is 0.331 e. The summed E-state index contributed by atoms with van der Waals surface area (Å²) >= 11 is 6.40. The van der Waals surface area contributed by atoms with Crippen molar-refractivity contribution in [1.29, 1.82) is 0 Å². The highest BCUT2D eigenvalue weighted by Crippen LogP contribution is 2.38. The molecule has 1 unspecified atom stereocenters. The molecule has 1 aliphatic rings. The van der Waals surface area contributed by atoms with Gasteiger partial charge < -0.3 is 9.52 Å². The molecule has 1 aromatic heterocycles. The summed E-state index contributed by atoms with van der Waals surface area (Å²) in [5.41, 5.74) is 2.57. The topological polar surface area (TPSA) is 70.8 Å². The van der Waals surface area contributed by atoms with Crippen molar-refractivity contribution in [1.82, 2.24) is 4.90 Å². The quantitative estimate of drug-likeness (QED) is 0.434. The van der Waals surface area contributed by atoms with Crippen LogP contribution in [0.3, 0.4) is 0 Å². The van der Waals surface area contributed by atoms with Crippen LogP contribution in [0.4, 0.5) is 0 Å². The SMILES string of the molecule is Cc1ccc(-c2ccc(/C=C3/SC(=S)N(C(C(=O)O)c4ccccc4)C3=O)o2)cc1. The number of rotatable bonds is 5. The maximum absolute atomic E-state index is 13.0. The van der Waals surface area contributed by atoms with E-state index in [1.165, 1.54) is 0 Å². The Morgan fingerprint density at radius 2 is 1.80 bits per heavy atom. The van der Waals surface area contributed by atoms with Crippen LogP contribution in [0.25, 0.3) is 17.4 Å². The van der Waals surface area contributed by atoms with E-state index < -0.39 is 17.9 Å². The van der Waals surface area contributed by atoms with Gasteiger partial charge >= 0.3 is 5.97 Å². The highest BCUT2D eigenvalue weighted by molar-refractivity contribution is 8.26. The van der Waals surface area contributed by atoms with Crippen molar-refractivity contribution < 1.29 is 19.1 Å². The Kier molecular flexibility index (Phi) is 5.57. The molecule has 2 heterocycles. The minimum absolute atomic E-state index is 0.202. The van der Waals surface area contributed by atoms with E-state index in [0.717, 1.165) is 27.8 Å². The lowest BCUT2D eigenvalue weighted by molar-refractivity contribution is -0.145. The van der Waals surface area contributed by atoms with Gasteiger partial charge in [-0.1, -0.05) is 84.1 Å². The molecule has 0 radical (unpaired) electrons. The van der Waals surface area contributed by atoms with E-state index >= 15 is 0 Å². The van der Waals surface area contributed by atoms with Crippen LogP contribution in [0.5, 0.6) is 0 Å². The molecule has 2 aromatic carbocycles. The van der Waals surface area contributed by atoms with Crippen LogP contribution in [0.2, 0.25) is 0 Å². The van der Waals surface area contributed by atoms with Crippen LogP contribution < -0.4 is 0 Å². The number of hydrogen-bond donors (Lipinski definition) is 1. The van der Waals surface area contributed by atoms with Gasteiger partial charge in [0.25, 0.3) is 5.91 Å². The number of furan rings is 1. The fourth-order valence-electron chi connectivity index (χ4n) is 3.17. The van der Waals surface area contributed by atoms with E-state index in [1.807, 2.05) is 37.3 Å². The number of thioether (sulfide) groups is 1. The van der Waals surface area contributed by atoms with E-state index in [0.29, 0.717) is 22.0 Å². The number of carboxylic acids is 1. The summed E-state index contributed by atoms with van der Waals surface area (Å²) in [5.74, 6) is -0.407. The van der Waals surface area contributed by atoms with Crippen LogP contribution in [-0.4, -0.2) is 26.2 Å². The molecule has 0 aliphatic carbocycles. The summed E-state index contributed by atoms with van der Waals surface area (Å²) in [6.45, 7) is 2.01. The van der Waals surface area contributed by atoms with Crippen molar-refractivity contribution in [3.63, 3.8) is 0 Å². The third-order valence-electron chi connectivity index (χ3n) is 4.67. The van der Waals surface area contributed by atoms with Crippen LogP contribution in [-0.2, 0) is 9.59 Å². The normalized spacial score (nSPS) is 16.3. The van der Waals surface area contributed by atoms with Crippen molar-refractivity contribution in [3.8, 4) is 11.3 Å². The molecule has 1 amide bonds. The number of thiocarbonyl (C=S) groups is 1. The predicted molar refractivity (Wildman–Crippen MR) is 121 cm³/mol. The van der Waals surface area contributed by atoms with Crippen molar-refractivity contribution in [2.45, 2.75) is 13.0 Å². The summed E-state index contributed by atoms with van der Waals surface area (Å²) in [6, 6.07) is 18.9. The molecule has 0 bridgehead atoms. The minimum atomic E-state index is -1.18. The molecule has 0 saturated carbocycles. The third kappa shape index (κ3) is 3.94. The predicted octanol–water partition coefficient (Wildman–Crippen LogP) is 5.28. The smallest absolute Gasteiger partial charge is 0.331 e. The summed E-state index contributed by atoms with van der Waals surface area (Å²) in [6.07, 6.45) is 1.60. The Balaban J connectivity index is 1.62. The number of benzene rings is 2. The average Bonchev–Trinajstić information content (AvgIpc) is 3.30. The number of aryl methyl sites for hydroxylation is 1. The molecule has 1 atom stereocenters. The van der Waals surface area contributed by atoms with Gasteiger partial charge in [0.1, 0.15) is 15.8 Å². The highest BCUT2D eigenvalue weighted by Gasteiger charge is 2.41. The van der Waals surface area contributed by atoms with Gasteiger partial charge in [-0.3, -0.25) is 9.69 Å². The molecule has 7 heteroatoms. The van der Waals surface area contributed by atoms with E-state index in [1.54, 1.807) is 42.5 Å². The Morgan fingerprint density at radius 1 is 1.10 bits per heavy atom. The van der Waals surface area contributed by atoms with Gasteiger partial charge in [-0.25, -0.2) is 4.79 Å². The van der Waals surface area contributed by atoms with Crippen LogP contribution in [0, 0.1) is 6.92 Å². The molecular weight excluding hydrogens is 418 g/mol. The molecule has 150 valence electrons. The maximum atomic E-state index is 13.0. The van der Waals surface area contributed by atoms with Gasteiger partial charge in [0.05, 0.1) is 4.91 Å². The summed E-state index contributed by atoms with van der Waals surface area (Å²) in [4.78, 5) is 26.4. The fourth-order valence-corrected chi connectivity index (χ4v) is 4.47. The van der Waals surface area contributed by atoms with E-state index in [-0.39, 0.29) is 4.32 Å². The van der Waals surface area contributed by atoms with E-state index in [9.17, 15) is 14.7 Å². The zero-order valence-corrected chi connectivity index (χ0v) is 17.6. The first-order valence-electron chi connectivity index (χ1n) is 9.16. The number of amides is 1. The average molecular weight is 436 g/mol. The summed E-state index contributed by atoms with van der Waals surface area (Å²) < 4.78 is 6.06. The monoisotopic (exact) mass is 435 g/mol. The van der Waals surface area contributed by atoms with Gasteiger partial charge in [0, 0.05) is 11.6 Å². The number of hydrogen-bond acceptors (Lipinski definition) is 5. The van der Waals surface area contributed by atoms with Crippen molar-refractivity contribution in [2.24, 2.45) is 0 Å². The van der Waals surface area contributed by atoms with Crippen LogP contribution in [0.15, 0.2) is 76.1 Å². The Bertz CT molecular complexity index is 1150. The molecular formula is C23H17NO4S2.